The molecular weight excluding hydrogens is 444 g/mol. The van der Waals surface area contributed by atoms with Gasteiger partial charge in [0.25, 0.3) is 0 Å². The molecule has 9 heteroatoms. The molecule has 0 unspecified atom stereocenters. The Kier molecular flexibility index (Phi) is 5.41. The molecule has 0 bridgehead atoms. The van der Waals surface area contributed by atoms with E-state index < -0.39 is 15.6 Å². The van der Waals surface area contributed by atoms with Crippen LogP contribution < -0.4 is 14.4 Å². The van der Waals surface area contributed by atoms with E-state index in [0.29, 0.717) is 42.8 Å². The summed E-state index contributed by atoms with van der Waals surface area (Å²) in [4.78, 5) is 26.5. The van der Waals surface area contributed by atoms with Gasteiger partial charge in [-0.1, -0.05) is 12.1 Å². The summed E-state index contributed by atoms with van der Waals surface area (Å²) in [6.45, 7) is 1.03. The zero-order chi connectivity index (χ0) is 23.2. The fraction of sp³-hybridized carbons (Fsp3) is 0.417. The van der Waals surface area contributed by atoms with Gasteiger partial charge in [0.15, 0.2) is 5.78 Å². The van der Waals surface area contributed by atoms with Gasteiger partial charge in [-0.25, -0.2) is 8.42 Å². The Labute approximate surface area is 193 Å². The number of para-hydroxylation sites is 1. The zero-order valence-electron chi connectivity index (χ0n) is 18.5. The highest BCUT2D eigenvalue weighted by Gasteiger charge is 2.45. The van der Waals surface area contributed by atoms with Gasteiger partial charge in [0.2, 0.25) is 15.9 Å². The van der Waals surface area contributed by atoms with E-state index in [0.717, 1.165) is 6.42 Å². The number of rotatable bonds is 4. The third kappa shape index (κ3) is 3.79. The van der Waals surface area contributed by atoms with E-state index in [-0.39, 0.29) is 41.8 Å². The van der Waals surface area contributed by atoms with E-state index in [9.17, 15) is 18.0 Å². The lowest BCUT2D eigenvalue weighted by Crippen LogP contribution is -2.52. The highest BCUT2D eigenvalue weighted by molar-refractivity contribution is 7.89. The van der Waals surface area contributed by atoms with Crippen molar-refractivity contribution >= 4 is 27.4 Å². The van der Waals surface area contributed by atoms with Crippen LogP contribution in [-0.2, 0) is 14.8 Å². The first kappa shape index (κ1) is 21.9. The van der Waals surface area contributed by atoms with Crippen molar-refractivity contribution in [2.45, 2.75) is 42.6 Å². The van der Waals surface area contributed by atoms with Gasteiger partial charge in [0, 0.05) is 44.6 Å². The van der Waals surface area contributed by atoms with Crippen molar-refractivity contribution in [1.29, 1.82) is 0 Å². The first-order valence-electron chi connectivity index (χ1n) is 11.1. The van der Waals surface area contributed by atoms with Gasteiger partial charge in [-0.2, -0.15) is 4.31 Å². The predicted molar refractivity (Wildman–Crippen MR) is 121 cm³/mol. The molecule has 2 aromatic carbocycles. The molecule has 5 rings (SSSR count). The molecule has 33 heavy (non-hydrogen) atoms. The van der Waals surface area contributed by atoms with Crippen molar-refractivity contribution in [3.05, 3.63) is 48.0 Å². The Bertz CT molecular complexity index is 1220. The molecule has 3 heterocycles. The van der Waals surface area contributed by atoms with E-state index >= 15 is 0 Å². The highest BCUT2D eigenvalue weighted by atomic mass is 32.2. The summed E-state index contributed by atoms with van der Waals surface area (Å²) in [5.74, 6) is 0.819. The number of fused-ring (bicyclic) bond motifs is 1. The second-order valence-electron chi connectivity index (χ2n) is 8.77. The molecule has 0 radical (unpaired) electrons. The fourth-order valence-electron chi connectivity index (χ4n) is 4.95. The van der Waals surface area contributed by atoms with Crippen LogP contribution >= 0.6 is 0 Å². The molecular formula is C24H26N2O6S. The average Bonchev–Trinajstić information content (AvgIpc) is 3.24. The van der Waals surface area contributed by atoms with Gasteiger partial charge < -0.3 is 14.4 Å². The third-order valence-electron chi connectivity index (χ3n) is 6.78. The van der Waals surface area contributed by atoms with Crippen LogP contribution in [0.2, 0.25) is 0 Å². The number of piperidine rings is 1. The first-order valence-corrected chi connectivity index (χ1v) is 12.6. The lowest BCUT2D eigenvalue weighted by Gasteiger charge is -2.43. The van der Waals surface area contributed by atoms with Crippen LogP contribution in [0.4, 0.5) is 5.69 Å². The van der Waals surface area contributed by atoms with Gasteiger partial charge in [-0.15, -0.1) is 0 Å². The smallest absolute Gasteiger partial charge is 0.246 e. The lowest BCUT2D eigenvalue weighted by atomic mass is 9.83. The van der Waals surface area contributed by atoms with Crippen molar-refractivity contribution in [2.75, 3.05) is 31.6 Å². The first-order chi connectivity index (χ1) is 15.8. The number of sulfonamides is 1. The van der Waals surface area contributed by atoms with E-state index in [4.69, 9.17) is 9.47 Å². The minimum atomic E-state index is -3.87. The molecule has 8 nitrogen and oxygen atoms in total. The van der Waals surface area contributed by atoms with E-state index in [1.165, 1.54) is 17.5 Å². The maximum Gasteiger partial charge on any atom is 0.246 e. The summed E-state index contributed by atoms with van der Waals surface area (Å²) in [7, 11) is -2.44. The van der Waals surface area contributed by atoms with Gasteiger partial charge in [0.05, 0.1) is 19.1 Å². The maximum atomic E-state index is 13.6. The molecule has 2 saturated heterocycles. The average molecular weight is 471 g/mol. The Hall–Kier alpha value is -2.91. The number of amides is 1. The summed E-state index contributed by atoms with van der Waals surface area (Å²) >= 11 is 0. The molecule has 3 aliphatic heterocycles. The van der Waals surface area contributed by atoms with Gasteiger partial charge in [-0.05, 0) is 36.8 Å². The van der Waals surface area contributed by atoms with E-state index in [2.05, 4.69) is 0 Å². The number of hydrogen-bond donors (Lipinski definition) is 0. The van der Waals surface area contributed by atoms with Crippen LogP contribution in [0.5, 0.6) is 11.5 Å². The zero-order valence-corrected chi connectivity index (χ0v) is 19.3. The molecule has 0 aliphatic carbocycles. The van der Waals surface area contributed by atoms with Crippen LogP contribution in [0.15, 0.2) is 47.4 Å². The van der Waals surface area contributed by atoms with Crippen LogP contribution in [0.3, 0.4) is 0 Å². The minimum Gasteiger partial charge on any atom is -0.495 e. The maximum absolute atomic E-state index is 13.6. The number of benzene rings is 2. The van der Waals surface area contributed by atoms with Crippen molar-refractivity contribution in [3.8, 4) is 11.5 Å². The number of ketones is 1. The summed E-state index contributed by atoms with van der Waals surface area (Å²) in [5, 5.41) is 0. The molecule has 0 atom stereocenters. The quantitative estimate of drug-likeness (QED) is 0.682. The molecule has 174 valence electrons. The monoisotopic (exact) mass is 470 g/mol. The molecule has 2 fully saturated rings. The molecule has 1 spiro atoms. The molecule has 3 aliphatic rings. The second kappa shape index (κ2) is 8.14. The summed E-state index contributed by atoms with van der Waals surface area (Å²) < 4.78 is 40.2. The van der Waals surface area contributed by atoms with Crippen molar-refractivity contribution in [1.82, 2.24) is 4.31 Å². The standard InChI is InChI=1S/C24H26N2O6S/c1-31-21-9-8-17(26-12-4-7-23(26)28)15-22(21)33(29,30)25-13-10-24(11-14-25)16-19(27)18-5-2-3-6-20(18)32-24/h2-3,5-6,8-9,15H,4,7,10-14,16H2,1H3. The number of carbonyl (C=O) groups is 2. The number of nitrogens with zero attached hydrogens (tertiary/aromatic N) is 2. The SMILES string of the molecule is COc1ccc(N2CCCC2=O)cc1S(=O)(=O)N1CCC2(CC1)CC(=O)c1ccccc1O2. The number of anilines is 1. The number of Topliss-reactive ketones (excluding diaryl/α,β-unsaturated/α-hetero) is 1. The van der Waals surface area contributed by atoms with Gasteiger partial charge in [-0.3, -0.25) is 9.59 Å². The molecule has 0 N–H and O–H groups in total. The Morgan fingerprint density at radius 1 is 1.03 bits per heavy atom. The van der Waals surface area contributed by atoms with E-state index in [1.54, 1.807) is 29.2 Å². The third-order valence-corrected chi connectivity index (χ3v) is 8.70. The molecule has 1 amide bonds. The van der Waals surface area contributed by atoms with Crippen molar-refractivity contribution in [3.63, 3.8) is 0 Å². The van der Waals surface area contributed by atoms with Crippen molar-refractivity contribution < 1.29 is 27.5 Å². The van der Waals surface area contributed by atoms with Gasteiger partial charge >= 0.3 is 0 Å². The second-order valence-corrected chi connectivity index (χ2v) is 10.7. The van der Waals surface area contributed by atoms with Crippen molar-refractivity contribution in [2.24, 2.45) is 0 Å². The number of methoxy groups -OCH3 is 1. The topological polar surface area (TPSA) is 93.2 Å². The highest BCUT2D eigenvalue weighted by Crippen LogP contribution is 2.41. The fourth-order valence-corrected chi connectivity index (χ4v) is 6.57. The van der Waals surface area contributed by atoms with Crippen LogP contribution in [-0.4, -0.2) is 56.8 Å². The minimum absolute atomic E-state index is 0.0113. The molecule has 0 aromatic heterocycles. The number of hydrogen-bond acceptors (Lipinski definition) is 6. The normalized spacial score (nSPS) is 20.6. The summed E-state index contributed by atoms with van der Waals surface area (Å²) in [6.07, 6.45) is 2.29. The Morgan fingerprint density at radius 3 is 2.48 bits per heavy atom. The largest absolute Gasteiger partial charge is 0.495 e. The van der Waals surface area contributed by atoms with Crippen LogP contribution in [0.1, 0.15) is 42.5 Å². The summed E-state index contributed by atoms with van der Waals surface area (Å²) in [6, 6.07) is 12.0. The predicted octanol–water partition coefficient (Wildman–Crippen LogP) is 3.01. The molecule has 2 aromatic rings. The Morgan fingerprint density at radius 2 is 1.79 bits per heavy atom. The lowest BCUT2D eigenvalue weighted by molar-refractivity contribution is -0.117. The number of carbonyl (C=O) groups excluding carboxylic acids is 2. The summed E-state index contributed by atoms with van der Waals surface area (Å²) in [5.41, 5.74) is 0.449. The van der Waals surface area contributed by atoms with Crippen LogP contribution in [0.25, 0.3) is 0 Å². The number of ether oxygens (including phenoxy) is 2. The molecule has 0 saturated carbocycles. The van der Waals surface area contributed by atoms with Gasteiger partial charge in [0.1, 0.15) is 22.0 Å². The van der Waals surface area contributed by atoms with E-state index in [1.807, 2.05) is 12.1 Å². The van der Waals surface area contributed by atoms with Crippen LogP contribution in [0, 0.1) is 0 Å². The Balaban J connectivity index is 1.39.